The van der Waals surface area contributed by atoms with E-state index in [-0.39, 0.29) is 0 Å². The topological polar surface area (TPSA) is 17.1 Å². The molecule has 0 amide bonds. The van der Waals surface area contributed by atoms with Crippen LogP contribution in [0.1, 0.15) is 113 Å². The quantitative estimate of drug-likeness (QED) is 0.415. The largest absolute Gasteiger partial charge is 0.299 e. The predicted molar refractivity (Wildman–Crippen MR) is 127 cm³/mol. The van der Waals surface area contributed by atoms with E-state index in [9.17, 15) is 4.79 Å². The summed E-state index contributed by atoms with van der Waals surface area (Å²) in [4.78, 5) is 12.4. The maximum atomic E-state index is 12.4. The average Bonchev–Trinajstić information content (AvgIpc) is 3.06. The summed E-state index contributed by atoms with van der Waals surface area (Å²) in [6.45, 7) is 17.2. The molecule has 0 saturated heterocycles. The molecule has 1 heteroatoms. The second kappa shape index (κ2) is 8.08. The highest BCUT2D eigenvalue weighted by Crippen LogP contribution is 2.66. The van der Waals surface area contributed by atoms with E-state index in [2.05, 4.69) is 48.5 Å². The van der Waals surface area contributed by atoms with E-state index in [4.69, 9.17) is 0 Å². The van der Waals surface area contributed by atoms with Crippen LogP contribution in [0.25, 0.3) is 0 Å². The number of carbonyl (C=O) groups is 1. The highest BCUT2D eigenvalue weighted by atomic mass is 16.1. The molecule has 170 valence electrons. The van der Waals surface area contributed by atoms with E-state index in [0.717, 1.165) is 42.4 Å². The van der Waals surface area contributed by atoms with Gasteiger partial charge in [-0.1, -0.05) is 72.5 Å². The monoisotopic (exact) mass is 412 g/mol. The van der Waals surface area contributed by atoms with Crippen LogP contribution in [0.3, 0.4) is 0 Å². The van der Waals surface area contributed by atoms with E-state index in [1.165, 1.54) is 51.4 Å². The molecule has 4 aliphatic rings. The third-order valence-electron chi connectivity index (χ3n) is 11.3. The summed E-state index contributed by atoms with van der Waals surface area (Å²) in [5, 5.41) is 0. The predicted octanol–water partition coefficient (Wildman–Crippen LogP) is 8.23. The minimum absolute atomic E-state index is 0.294. The molecule has 1 nitrogen and oxygen atoms in total. The standard InChI is InChI=1S/C29H48O/c1-18(2)19(3)8-9-20(4)23-12-13-25-22-10-11-24-21(5)27(30)15-17-29(24,7)26(22)14-16-28(23,25)6/h18-21,23-24,26H,8-17H2,1-7H3. The van der Waals surface area contributed by atoms with Crippen molar-refractivity contribution in [3.05, 3.63) is 11.1 Å². The van der Waals surface area contributed by atoms with E-state index in [1.54, 1.807) is 0 Å². The summed E-state index contributed by atoms with van der Waals surface area (Å²) in [5.41, 5.74) is 4.63. The van der Waals surface area contributed by atoms with Crippen LogP contribution < -0.4 is 0 Å². The molecule has 4 aliphatic carbocycles. The number of hydrogen-bond acceptors (Lipinski definition) is 1. The molecule has 0 heterocycles. The summed E-state index contributed by atoms with van der Waals surface area (Å²) in [6.07, 6.45) is 12.9. The Hall–Kier alpha value is -0.590. The minimum atomic E-state index is 0.294. The van der Waals surface area contributed by atoms with Crippen LogP contribution in [-0.2, 0) is 4.79 Å². The van der Waals surface area contributed by atoms with Gasteiger partial charge in [-0.05, 0) is 91.3 Å². The molecule has 8 atom stereocenters. The number of allylic oxidation sites excluding steroid dienone is 2. The highest BCUT2D eigenvalue weighted by molar-refractivity contribution is 5.82. The zero-order chi connectivity index (χ0) is 21.8. The molecule has 4 rings (SSSR count). The first-order chi connectivity index (χ1) is 14.1. The Morgan fingerprint density at radius 2 is 1.67 bits per heavy atom. The Labute approximate surface area is 186 Å². The lowest BCUT2D eigenvalue weighted by Gasteiger charge is -2.57. The molecule has 0 aromatic carbocycles. The van der Waals surface area contributed by atoms with Gasteiger partial charge in [0.1, 0.15) is 5.78 Å². The average molecular weight is 413 g/mol. The molecule has 0 radical (unpaired) electrons. The molecule has 0 spiro atoms. The van der Waals surface area contributed by atoms with Crippen LogP contribution in [0.4, 0.5) is 0 Å². The van der Waals surface area contributed by atoms with Crippen LogP contribution in [-0.4, -0.2) is 5.78 Å². The second-order valence-corrected chi connectivity index (χ2v) is 12.8. The summed E-state index contributed by atoms with van der Waals surface area (Å²) in [7, 11) is 0. The SMILES string of the molecule is CC(C)C(C)CCC(C)C1CCC2=C3CCC4C(C)C(=O)CCC4(C)C3CCC21C. The van der Waals surface area contributed by atoms with Crippen molar-refractivity contribution in [3.8, 4) is 0 Å². The van der Waals surface area contributed by atoms with Gasteiger partial charge in [-0.2, -0.15) is 0 Å². The second-order valence-electron chi connectivity index (χ2n) is 12.8. The summed E-state index contributed by atoms with van der Waals surface area (Å²) >= 11 is 0. The number of rotatable bonds is 5. The summed E-state index contributed by atoms with van der Waals surface area (Å²) in [6, 6.07) is 0. The zero-order valence-corrected chi connectivity index (χ0v) is 21.0. The Bertz CT molecular complexity index is 701. The first-order valence-corrected chi connectivity index (χ1v) is 13.3. The smallest absolute Gasteiger partial charge is 0.136 e. The molecular weight excluding hydrogens is 364 g/mol. The fraction of sp³-hybridized carbons (Fsp3) is 0.897. The van der Waals surface area contributed by atoms with Gasteiger partial charge >= 0.3 is 0 Å². The molecule has 0 bridgehead atoms. The fourth-order valence-electron chi connectivity index (χ4n) is 8.77. The Morgan fingerprint density at radius 3 is 2.37 bits per heavy atom. The van der Waals surface area contributed by atoms with Crippen LogP contribution in [0.5, 0.6) is 0 Å². The van der Waals surface area contributed by atoms with Gasteiger partial charge < -0.3 is 0 Å². The zero-order valence-electron chi connectivity index (χ0n) is 21.0. The molecule has 0 N–H and O–H groups in total. The van der Waals surface area contributed by atoms with Crippen molar-refractivity contribution < 1.29 is 4.79 Å². The number of ketones is 1. The lowest BCUT2D eigenvalue weighted by atomic mass is 9.47. The first kappa shape index (κ1) is 22.6. The number of Topliss-reactive ketones (excluding diaryl/α,β-unsaturated/α-hetero) is 1. The molecule has 0 aliphatic heterocycles. The van der Waals surface area contributed by atoms with Crippen molar-refractivity contribution in [3.63, 3.8) is 0 Å². The maximum Gasteiger partial charge on any atom is 0.136 e. The van der Waals surface area contributed by atoms with E-state index in [0.29, 0.717) is 28.4 Å². The van der Waals surface area contributed by atoms with Gasteiger partial charge in [0.2, 0.25) is 0 Å². The third kappa shape index (κ3) is 3.45. The van der Waals surface area contributed by atoms with E-state index < -0.39 is 0 Å². The van der Waals surface area contributed by atoms with Gasteiger partial charge in [-0.3, -0.25) is 4.79 Å². The molecular formula is C29H48O. The van der Waals surface area contributed by atoms with Gasteiger partial charge in [-0.15, -0.1) is 0 Å². The van der Waals surface area contributed by atoms with Gasteiger partial charge in [-0.25, -0.2) is 0 Å². The van der Waals surface area contributed by atoms with Gasteiger partial charge in [0.15, 0.2) is 0 Å². The maximum absolute atomic E-state index is 12.4. The Kier molecular flexibility index (Phi) is 6.08. The van der Waals surface area contributed by atoms with Crippen molar-refractivity contribution >= 4 is 5.78 Å². The number of carbonyl (C=O) groups excluding carboxylic acids is 1. The molecule has 8 unspecified atom stereocenters. The highest BCUT2D eigenvalue weighted by Gasteiger charge is 2.57. The molecule has 3 fully saturated rings. The summed E-state index contributed by atoms with van der Waals surface area (Å²) < 4.78 is 0. The molecule has 0 aromatic rings. The van der Waals surface area contributed by atoms with Crippen LogP contribution in [0, 0.1) is 52.3 Å². The Morgan fingerprint density at radius 1 is 0.933 bits per heavy atom. The van der Waals surface area contributed by atoms with E-state index >= 15 is 0 Å². The van der Waals surface area contributed by atoms with Gasteiger partial charge in [0.05, 0.1) is 0 Å². The van der Waals surface area contributed by atoms with Crippen molar-refractivity contribution in [2.24, 2.45) is 52.3 Å². The van der Waals surface area contributed by atoms with Crippen molar-refractivity contribution in [1.29, 1.82) is 0 Å². The van der Waals surface area contributed by atoms with Crippen molar-refractivity contribution in [1.82, 2.24) is 0 Å². The Balaban J connectivity index is 1.55. The van der Waals surface area contributed by atoms with Gasteiger partial charge in [0.25, 0.3) is 0 Å². The number of fused-ring (bicyclic) bond motifs is 4. The molecule has 30 heavy (non-hydrogen) atoms. The van der Waals surface area contributed by atoms with Crippen molar-refractivity contribution in [2.75, 3.05) is 0 Å². The fourth-order valence-corrected chi connectivity index (χ4v) is 8.77. The normalized spacial score (nSPS) is 43.3. The first-order valence-electron chi connectivity index (χ1n) is 13.3. The van der Waals surface area contributed by atoms with E-state index in [1.807, 2.05) is 11.1 Å². The third-order valence-corrected chi connectivity index (χ3v) is 11.3. The van der Waals surface area contributed by atoms with Crippen LogP contribution in [0.15, 0.2) is 11.1 Å². The van der Waals surface area contributed by atoms with Crippen LogP contribution in [0.2, 0.25) is 0 Å². The number of hydrogen-bond donors (Lipinski definition) is 0. The lowest BCUT2D eigenvalue weighted by Crippen LogP contribution is -2.50. The van der Waals surface area contributed by atoms with Crippen LogP contribution >= 0.6 is 0 Å². The van der Waals surface area contributed by atoms with Gasteiger partial charge in [0, 0.05) is 12.3 Å². The molecule has 0 aromatic heterocycles. The lowest BCUT2D eigenvalue weighted by molar-refractivity contribution is -0.134. The summed E-state index contributed by atoms with van der Waals surface area (Å²) in [5.74, 6) is 5.63. The molecule has 3 saturated carbocycles. The van der Waals surface area contributed by atoms with Crippen molar-refractivity contribution in [2.45, 2.75) is 113 Å². The minimum Gasteiger partial charge on any atom is -0.299 e.